The average Bonchev–Trinajstić information content (AvgIpc) is 2.54. The highest BCUT2D eigenvalue weighted by Crippen LogP contribution is 2.19. The number of hydrogen-bond acceptors (Lipinski definition) is 4. The van der Waals surface area contributed by atoms with Gasteiger partial charge in [0.1, 0.15) is 11.8 Å². The lowest BCUT2D eigenvalue weighted by atomic mass is 10.0. The summed E-state index contributed by atoms with van der Waals surface area (Å²) in [5, 5.41) is 5.99. The molecule has 0 aliphatic carbocycles. The van der Waals surface area contributed by atoms with E-state index in [9.17, 15) is 9.59 Å². The summed E-state index contributed by atoms with van der Waals surface area (Å²) in [7, 11) is 1.60. The number of piperazine rings is 1. The van der Waals surface area contributed by atoms with Crippen molar-refractivity contribution in [1.82, 2.24) is 15.5 Å². The average molecular weight is 305 g/mol. The van der Waals surface area contributed by atoms with E-state index < -0.39 is 6.04 Å². The minimum absolute atomic E-state index is 0.0393. The van der Waals surface area contributed by atoms with E-state index in [2.05, 4.69) is 10.6 Å². The maximum Gasteiger partial charge on any atom is 0.245 e. The van der Waals surface area contributed by atoms with Crippen LogP contribution in [0.5, 0.6) is 5.75 Å². The Morgan fingerprint density at radius 2 is 2.00 bits per heavy atom. The molecule has 6 nitrogen and oxygen atoms in total. The lowest BCUT2D eigenvalue weighted by Crippen LogP contribution is -2.54. The summed E-state index contributed by atoms with van der Waals surface area (Å²) in [5.41, 5.74) is 0.909. The summed E-state index contributed by atoms with van der Waals surface area (Å²) >= 11 is 0. The zero-order chi connectivity index (χ0) is 15.9. The summed E-state index contributed by atoms with van der Waals surface area (Å²) < 4.78 is 5.33. The Hall–Kier alpha value is -2.08. The van der Waals surface area contributed by atoms with Crippen LogP contribution in [0.2, 0.25) is 0 Å². The van der Waals surface area contributed by atoms with Crippen LogP contribution in [0.15, 0.2) is 24.3 Å². The number of rotatable bonds is 5. The Bertz CT molecular complexity index is 527. The third kappa shape index (κ3) is 4.21. The van der Waals surface area contributed by atoms with Crippen LogP contribution >= 0.6 is 0 Å². The molecule has 0 unspecified atom stereocenters. The van der Waals surface area contributed by atoms with Crippen molar-refractivity contribution >= 4 is 11.8 Å². The summed E-state index contributed by atoms with van der Waals surface area (Å²) in [6.07, 6.45) is 0.423. The lowest BCUT2D eigenvalue weighted by molar-refractivity contribution is -0.136. The Labute approximate surface area is 130 Å². The highest BCUT2D eigenvalue weighted by Gasteiger charge is 2.27. The molecule has 2 amide bonds. The Kier molecular flexibility index (Phi) is 5.77. The van der Waals surface area contributed by atoms with Crippen LogP contribution in [0, 0.1) is 0 Å². The van der Waals surface area contributed by atoms with Crippen molar-refractivity contribution in [2.24, 2.45) is 0 Å². The second kappa shape index (κ2) is 7.79. The van der Waals surface area contributed by atoms with Crippen molar-refractivity contribution in [1.29, 1.82) is 0 Å². The normalized spacial score (nSPS) is 16.0. The number of hydrogen-bond donors (Lipinski definition) is 2. The fraction of sp³-hybridized carbons (Fsp3) is 0.500. The maximum absolute atomic E-state index is 12.7. The molecule has 0 radical (unpaired) electrons. The minimum Gasteiger partial charge on any atom is -0.496 e. The van der Waals surface area contributed by atoms with Crippen molar-refractivity contribution in [3.05, 3.63) is 29.8 Å². The monoisotopic (exact) mass is 305 g/mol. The van der Waals surface area contributed by atoms with E-state index in [0.29, 0.717) is 19.5 Å². The third-order valence-electron chi connectivity index (χ3n) is 3.72. The molecule has 1 aliphatic rings. The van der Waals surface area contributed by atoms with Gasteiger partial charge in [-0.3, -0.25) is 9.59 Å². The van der Waals surface area contributed by atoms with Gasteiger partial charge >= 0.3 is 0 Å². The van der Waals surface area contributed by atoms with Crippen molar-refractivity contribution in [2.75, 3.05) is 33.3 Å². The molecule has 0 saturated carbocycles. The number of carbonyl (C=O) groups is 2. The SMILES string of the molecule is COc1ccccc1C[C@H](NC(C)=O)C(=O)N1CCNCC1. The van der Waals surface area contributed by atoms with Crippen molar-refractivity contribution < 1.29 is 14.3 Å². The van der Waals surface area contributed by atoms with Gasteiger partial charge in [-0.15, -0.1) is 0 Å². The van der Waals surface area contributed by atoms with Gasteiger partial charge in [0.15, 0.2) is 0 Å². The second-order valence-corrected chi connectivity index (χ2v) is 5.34. The number of methoxy groups -OCH3 is 1. The van der Waals surface area contributed by atoms with E-state index in [4.69, 9.17) is 4.74 Å². The van der Waals surface area contributed by atoms with E-state index in [0.717, 1.165) is 24.4 Å². The van der Waals surface area contributed by atoms with Crippen LogP contribution < -0.4 is 15.4 Å². The van der Waals surface area contributed by atoms with Crippen LogP contribution in [0.25, 0.3) is 0 Å². The first-order valence-corrected chi connectivity index (χ1v) is 7.50. The molecular weight excluding hydrogens is 282 g/mol. The highest BCUT2D eigenvalue weighted by molar-refractivity contribution is 5.87. The molecule has 1 aromatic rings. The number of carbonyl (C=O) groups excluding carboxylic acids is 2. The highest BCUT2D eigenvalue weighted by atomic mass is 16.5. The number of benzene rings is 1. The standard InChI is InChI=1S/C16H23N3O3/c1-12(20)18-14(16(21)19-9-7-17-8-10-19)11-13-5-3-4-6-15(13)22-2/h3-6,14,17H,7-11H2,1-2H3,(H,18,20)/t14-/m0/s1. The molecule has 0 aromatic heterocycles. The van der Waals surface area contributed by atoms with Gasteiger partial charge in [-0.2, -0.15) is 0 Å². The molecule has 1 heterocycles. The summed E-state index contributed by atoms with van der Waals surface area (Å²) in [5.74, 6) is 0.483. The minimum atomic E-state index is -0.563. The van der Waals surface area contributed by atoms with Crippen LogP contribution in [0.4, 0.5) is 0 Å². The number of ether oxygens (including phenoxy) is 1. The molecule has 0 bridgehead atoms. The van der Waals surface area contributed by atoms with E-state index >= 15 is 0 Å². The van der Waals surface area contributed by atoms with Gasteiger partial charge in [0.2, 0.25) is 11.8 Å². The molecule has 1 fully saturated rings. The predicted molar refractivity (Wildman–Crippen MR) is 83.8 cm³/mol. The molecular formula is C16H23N3O3. The van der Waals surface area contributed by atoms with E-state index in [1.807, 2.05) is 24.3 Å². The Morgan fingerprint density at radius 1 is 1.32 bits per heavy atom. The van der Waals surface area contributed by atoms with Crippen molar-refractivity contribution in [2.45, 2.75) is 19.4 Å². The second-order valence-electron chi connectivity index (χ2n) is 5.34. The first kappa shape index (κ1) is 16.3. The van der Waals surface area contributed by atoms with Crippen molar-refractivity contribution in [3.8, 4) is 5.75 Å². The number of nitrogens with one attached hydrogen (secondary N) is 2. The number of nitrogens with zero attached hydrogens (tertiary/aromatic N) is 1. The third-order valence-corrected chi connectivity index (χ3v) is 3.72. The zero-order valence-corrected chi connectivity index (χ0v) is 13.1. The predicted octanol–water partition coefficient (Wildman–Crippen LogP) is 0.174. The smallest absolute Gasteiger partial charge is 0.245 e. The lowest BCUT2D eigenvalue weighted by Gasteiger charge is -2.31. The van der Waals surface area contributed by atoms with Gasteiger partial charge in [-0.25, -0.2) is 0 Å². The zero-order valence-electron chi connectivity index (χ0n) is 13.1. The maximum atomic E-state index is 12.7. The Morgan fingerprint density at radius 3 is 2.64 bits per heavy atom. The van der Waals surface area contributed by atoms with Gasteiger partial charge in [0.25, 0.3) is 0 Å². The molecule has 6 heteroatoms. The first-order chi connectivity index (χ1) is 10.6. The van der Waals surface area contributed by atoms with Crippen LogP contribution in [0.3, 0.4) is 0 Å². The van der Waals surface area contributed by atoms with Crippen LogP contribution in [-0.2, 0) is 16.0 Å². The van der Waals surface area contributed by atoms with Crippen LogP contribution in [-0.4, -0.2) is 56.0 Å². The van der Waals surface area contributed by atoms with E-state index in [1.165, 1.54) is 6.92 Å². The van der Waals surface area contributed by atoms with Crippen molar-refractivity contribution in [3.63, 3.8) is 0 Å². The largest absolute Gasteiger partial charge is 0.496 e. The van der Waals surface area contributed by atoms with E-state index in [1.54, 1.807) is 12.0 Å². The summed E-state index contributed by atoms with van der Waals surface area (Å²) in [6, 6.07) is 6.99. The molecule has 120 valence electrons. The molecule has 0 spiro atoms. The Balaban J connectivity index is 2.14. The van der Waals surface area contributed by atoms with Gasteiger partial charge in [0.05, 0.1) is 7.11 Å². The van der Waals surface area contributed by atoms with Crippen LogP contribution in [0.1, 0.15) is 12.5 Å². The van der Waals surface area contributed by atoms with Gasteiger partial charge in [-0.1, -0.05) is 18.2 Å². The number of para-hydroxylation sites is 1. The molecule has 1 aromatic carbocycles. The van der Waals surface area contributed by atoms with E-state index in [-0.39, 0.29) is 11.8 Å². The fourth-order valence-electron chi connectivity index (χ4n) is 2.64. The molecule has 1 saturated heterocycles. The summed E-state index contributed by atoms with van der Waals surface area (Å²) in [4.78, 5) is 25.9. The molecule has 22 heavy (non-hydrogen) atoms. The van der Waals surface area contributed by atoms with Gasteiger partial charge in [0, 0.05) is 39.5 Å². The van der Waals surface area contributed by atoms with Gasteiger partial charge in [-0.05, 0) is 11.6 Å². The first-order valence-electron chi connectivity index (χ1n) is 7.50. The molecule has 1 aliphatic heterocycles. The molecule has 2 rings (SSSR count). The fourth-order valence-corrected chi connectivity index (χ4v) is 2.64. The topological polar surface area (TPSA) is 70.7 Å². The summed E-state index contributed by atoms with van der Waals surface area (Å²) in [6.45, 7) is 4.34. The molecule has 2 N–H and O–H groups in total. The van der Waals surface area contributed by atoms with Gasteiger partial charge < -0.3 is 20.3 Å². The number of amides is 2. The quantitative estimate of drug-likeness (QED) is 0.814. The molecule has 1 atom stereocenters.